The Balaban J connectivity index is 2.76. The average molecular weight is 245 g/mol. The minimum absolute atomic E-state index is 0.0235. The molecule has 0 amide bonds. The van der Waals surface area contributed by atoms with Crippen LogP contribution in [0.5, 0.6) is 0 Å². The van der Waals surface area contributed by atoms with E-state index in [0.29, 0.717) is 0 Å². The standard InChI is InChI=1S/C11H11N5O2/c1-5(2)10(17)16-11(18)7-3-6(4-12)8(13)14-9(7)15-16/h3,5H,1-2H3,(H3,13,14,15). The Bertz CT molecular complexity index is 732. The first-order valence-electron chi connectivity index (χ1n) is 5.31. The number of H-pyrrole nitrogens is 1. The zero-order valence-electron chi connectivity index (χ0n) is 9.89. The number of aromatic nitrogens is 3. The topological polar surface area (TPSA) is 118 Å². The highest BCUT2D eigenvalue weighted by molar-refractivity contribution is 5.86. The van der Waals surface area contributed by atoms with E-state index >= 15 is 0 Å². The van der Waals surface area contributed by atoms with Gasteiger partial charge >= 0.3 is 0 Å². The maximum Gasteiger partial charge on any atom is 0.283 e. The molecule has 2 heterocycles. The summed E-state index contributed by atoms with van der Waals surface area (Å²) < 4.78 is 0.892. The second kappa shape index (κ2) is 4.00. The van der Waals surface area contributed by atoms with Crippen LogP contribution in [-0.2, 0) is 0 Å². The number of nitrogens with zero attached hydrogens (tertiary/aromatic N) is 3. The lowest BCUT2D eigenvalue weighted by atomic mass is 10.2. The van der Waals surface area contributed by atoms with Gasteiger partial charge in [-0.15, -0.1) is 0 Å². The number of rotatable bonds is 1. The van der Waals surface area contributed by atoms with Gasteiger partial charge in [0.05, 0.1) is 10.9 Å². The highest BCUT2D eigenvalue weighted by Gasteiger charge is 2.17. The van der Waals surface area contributed by atoms with Crippen LogP contribution in [0.1, 0.15) is 24.2 Å². The summed E-state index contributed by atoms with van der Waals surface area (Å²) in [4.78, 5) is 27.7. The summed E-state index contributed by atoms with van der Waals surface area (Å²) in [6, 6.07) is 3.18. The Morgan fingerprint density at radius 2 is 2.28 bits per heavy atom. The fourth-order valence-electron chi connectivity index (χ4n) is 1.56. The second-order valence-electron chi connectivity index (χ2n) is 4.17. The second-order valence-corrected chi connectivity index (χ2v) is 4.17. The van der Waals surface area contributed by atoms with Gasteiger partial charge in [0.1, 0.15) is 11.9 Å². The quantitative estimate of drug-likeness (QED) is 0.757. The Hall–Kier alpha value is -2.62. The number of hydrogen-bond donors (Lipinski definition) is 2. The molecule has 0 aliphatic carbocycles. The van der Waals surface area contributed by atoms with Gasteiger partial charge in [0, 0.05) is 5.92 Å². The van der Waals surface area contributed by atoms with Crippen molar-refractivity contribution >= 4 is 22.8 Å². The van der Waals surface area contributed by atoms with Crippen molar-refractivity contribution < 1.29 is 4.79 Å². The van der Waals surface area contributed by atoms with Crippen LogP contribution in [-0.4, -0.2) is 20.7 Å². The molecule has 2 aromatic rings. The van der Waals surface area contributed by atoms with Crippen LogP contribution in [0, 0.1) is 17.2 Å². The van der Waals surface area contributed by atoms with Gasteiger partial charge in [0.2, 0.25) is 0 Å². The zero-order valence-corrected chi connectivity index (χ0v) is 9.89. The largest absolute Gasteiger partial charge is 0.383 e. The summed E-state index contributed by atoms with van der Waals surface area (Å²) in [5.74, 6) is -0.672. The molecular weight excluding hydrogens is 234 g/mol. The number of hydrogen-bond acceptors (Lipinski definition) is 5. The Morgan fingerprint density at radius 1 is 1.61 bits per heavy atom. The average Bonchev–Trinajstić information content (AvgIpc) is 2.64. The van der Waals surface area contributed by atoms with E-state index in [9.17, 15) is 9.59 Å². The number of anilines is 1. The first-order chi connectivity index (χ1) is 8.45. The smallest absolute Gasteiger partial charge is 0.283 e. The summed E-state index contributed by atoms with van der Waals surface area (Å²) in [7, 11) is 0. The minimum Gasteiger partial charge on any atom is -0.383 e. The first kappa shape index (κ1) is 11.9. The molecule has 0 aromatic carbocycles. The van der Waals surface area contributed by atoms with Gasteiger partial charge in [-0.25, -0.2) is 4.98 Å². The third-order valence-electron chi connectivity index (χ3n) is 2.54. The highest BCUT2D eigenvalue weighted by Crippen LogP contribution is 2.13. The van der Waals surface area contributed by atoms with Crippen LogP contribution in [0.3, 0.4) is 0 Å². The van der Waals surface area contributed by atoms with Crippen LogP contribution in [0.15, 0.2) is 10.9 Å². The molecule has 7 heteroatoms. The number of pyridine rings is 1. The summed E-state index contributed by atoms with van der Waals surface area (Å²) in [5, 5.41) is 11.6. The number of nitriles is 1. The van der Waals surface area contributed by atoms with Gasteiger partial charge in [-0.05, 0) is 6.07 Å². The zero-order chi connectivity index (χ0) is 13.4. The number of carbonyl (C=O) groups excluding carboxylic acids is 1. The summed E-state index contributed by atoms with van der Waals surface area (Å²) >= 11 is 0. The van der Waals surface area contributed by atoms with E-state index in [1.165, 1.54) is 6.07 Å². The lowest BCUT2D eigenvalue weighted by Crippen LogP contribution is -2.28. The number of aromatic amines is 1. The lowest BCUT2D eigenvalue weighted by molar-refractivity contribution is 0.0835. The van der Waals surface area contributed by atoms with Gasteiger partial charge in [-0.2, -0.15) is 9.94 Å². The van der Waals surface area contributed by atoms with Crippen LogP contribution in [0.2, 0.25) is 0 Å². The molecule has 3 N–H and O–H groups in total. The molecule has 0 atom stereocenters. The summed E-state index contributed by atoms with van der Waals surface area (Å²) in [6.07, 6.45) is 0. The van der Waals surface area contributed by atoms with Gasteiger partial charge < -0.3 is 5.73 Å². The van der Waals surface area contributed by atoms with E-state index in [2.05, 4.69) is 10.1 Å². The predicted molar refractivity (Wildman–Crippen MR) is 64.9 cm³/mol. The van der Waals surface area contributed by atoms with Crippen molar-refractivity contribution in [3.8, 4) is 6.07 Å². The Kier molecular flexibility index (Phi) is 2.63. The van der Waals surface area contributed by atoms with E-state index in [-0.39, 0.29) is 34.2 Å². The van der Waals surface area contributed by atoms with Gasteiger partial charge in [0.25, 0.3) is 11.5 Å². The fraction of sp³-hybridized carbons (Fsp3) is 0.273. The minimum atomic E-state index is -0.521. The van der Waals surface area contributed by atoms with E-state index in [4.69, 9.17) is 11.0 Å². The molecule has 0 unspecified atom stereocenters. The highest BCUT2D eigenvalue weighted by atomic mass is 16.2. The molecule has 7 nitrogen and oxygen atoms in total. The molecule has 0 saturated carbocycles. The molecule has 0 fully saturated rings. The predicted octanol–water partition coefficient (Wildman–Crippen LogP) is 0.475. The van der Waals surface area contributed by atoms with Crippen molar-refractivity contribution in [1.29, 1.82) is 5.26 Å². The van der Waals surface area contributed by atoms with Gasteiger partial charge in [0.15, 0.2) is 5.65 Å². The third kappa shape index (κ3) is 1.64. The Morgan fingerprint density at radius 3 is 2.83 bits per heavy atom. The van der Waals surface area contributed by atoms with Crippen LogP contribution >= 0.6 is 0 Å². The van der Waals surface area contributed by atoms with Crippen LogP contribution < -0.4 is 11.3 Å². The molecule has 0 radical (unpaired) electrons. The molecule has 92 valence electrons. The van der Waals surface area contributed by atoms with Crippen LogP contribution in [0.4, 0.5) is 5.82 Å². The van der Waals surface area contributed by atoms with Crippen molar-refractivity contribution in [2.45, 2.75) is 13.8 Å². The van der Waals surface area contributed by atoms with Crippen molar-refractivity contribution in [2.24, 2.45) is 5.92 Å². The first-order valence-corrected chi connectivity index (χ1v) is 5.31. The molecule has 2 aromatic heterocycles. The van der Waals surface area contributed by atoms with Crippen molar-refractivity contribution in [3.05, 3.63) is 22.0 Å². The molecule has 18 heavy (non-hydrogen) atoms. The van der Waals surface area contributed by atoms with E-state index in [0.717, 1.165) is 4.68 Å². The maximum atomic E-state index is 12.0. The van der Waals surface area contributed by atoms with Gasteiger partial charge in [-0.1, -0.05) is 13.8 Å². The molecule has 0 aliphatic heterocycles. The van der Waals surface area contributed by atoms with E-state index < -0.39 is 5.56 Å². The molecule has 2 rings (SSSR count). The number of nitrogens with two attached hydrogens (primary N) is 1. The summed E-state index contributed by atoms with van der Waals surface area (Å²) in [5.41, 5.74) is 5.34. The van der Waals surface area contributed by atoms with E-state index in [1.54, 1.807) is 13.8 Å². The number of carbonyl (C=O) groups is 1. The summed E-state index contributed by atoms with van der Waals surface area (Å²) in [6.45, 7) is 3.37. The maximum absolute atomic E-state index is 12.0. The number of nitrogen functional groups attached to an aromatic ring is 1. The van der Waals surface area contributed by atoms with Gasteiger partial charge in [-0.3, -0.25) is 14.7 Å². The molecule has 0 saturated heterocycles. The third-order valence-corrected chi connectivity index (χ3v) is 2.54. The molecular formula is C11H11N5O2. The molecule has 0 spiro atoms. The fourth-order valence-corrected chi connectivity index (χ4v) is 1.56. The van der Waals surface area contributed by atoms with Crippen LogP contribution in [0.25, 0.3) is 11.0 Å². The Labute approximate surface area is 102 Å². The molecule has 0 aliphatic rings. The number of fused-ring (bicyclic) bond motifs is 1. The van der Waals surface area contributed by atoms with E-state index in [1.807, 2.05) is 6.07 Å². The van der Waals surface area contributed by atoms with Crippen molar-refractivity contribution in [2.75, 3.05) is 5.73 Å². The monoisotopic (exact) mass is 245 g/mol. The normalized spacial score (nSPS) is 10.8. The number of nitrogens with one attached hydrogen (secondary N) is 1. The SMILES string of the molecule is CC(C)C(=O)n1[nH]c2nc(N)c(C#N)cc2c1=O. The lowest BCUT2D eigenvalue weighted by Gasteiger charge is -2.01. The van der Waals surface area contributed by atoms with Crippen molar-refractivity contribution in [1.82, 2.24) is 14.8 Å². The molecule has 0 bridgehead atoms. The van der Waals surface area contributed by atoms with Crippen molar-refractivity contribution in [3.63, 3.8) is 0 Å².